The van der Waals surface area contributed by atoms with Gasteiger partial charge < -0.3 is 35.7 Å². The number of amides is 5. The third kappa shape index (κ3) is 9.11. The first kappa shape index (κ1) is 36.1. The Hall–Kier alpha value is -4.34. The second-order valence-electron chi connectivity index (χ2n) is 14.3. The first-order valence-corrected chi connectivity index (χ1v) is 15.6. The van der Waals surface area contributed by atoms with Crippen LogP contribution in [0.25, 0.3) is 0 Å². The van der Waals surface area contributed by atoms with Crippen LogP contribution in [0.2, 0.25) is 0 Å². The Balaban J connectivity index is 1.78. The number of terminal acetylenes is 1. The van der Waals surface area contributed by atoms with Gasteiger partial charge in [-0.05, 0) is 41.7 Å². The molecule has 2 aliphatic rings. The summed E-state index contributed by atoms with van der Waals surface area (Å²) in [5, 5.41) is 8.00. The quantitative estimate of drug-likeness (QED) is 0.151. The Bertz CT molecular complexity index is 1330. The topological polar surface area (TPSA) is 190 Å². The van der Waals surface area contributed by atoms with Crippen molar-refractivity contribution in [1.82, 2.24) is 20.9 Å². The number of hydrogen-bond donors (Lipinski definition) is 4. The normalized spacial score (nSPS) is 20.3. The fourth-order valence-corrected chi connectivity index (χ4v) is 5.63. The molecule has 3 rings (SSSR count). The molecule has 0 aromatic carbocycles. The minimum Gasteiger partial charge on any atom is -0.466 e. The zero-order chi connectivity index (χ0) is 34.4. The third-order valence-electron chi connectivity index (χ3n) is 8.54. The molecule has 5 N–H and O–H groups in total. The van der Waals surface area contributed by atoms with Crippen molar-refractivity contribution < 1.29 is 37.9 Å². The molecule has 0 spiro atoms. The SMILES string of the molecule is C#C[C@H]1CCN(C(=O)[C@@H](NC(=O)N[C@H](C(=O)OCc2ccco2)C(C)(C)C)C(C)(C)C)[C@@H]1C(=O)NC(CC1CCC1)C(=O)C(N)=O. The summed E-state index contributed by atoms with van der Waals surface area (Å²) in [6.45, 7) is 10.5. The van der Waals surface area contributed by atoms with Crippen LogP contribution in [-0.2, 0) is 35.3 Å². The van der Waals surface area contributed by atoms with Crippen molar-refractivity contribution in [2.75, 3.05) is 6.54 Å². The monoisotopic (exact) mass is 641 g/mol. The summed E-state index contributed by atoms with van der Waals surface area (Å²) in [7, 11) is 0. The van der Waals surface area contributed by atoms with Gasteiger partial charge in [-0.15, -0.1) is 12.3 Å². The molecule has 1 aliphatic carbocycles. The lowest BCUT2D eigenvalue weighted by Gasteiger charge is -2.37. The van der Waals surface area contributed by atoms with E-state index >= 15 is 0 Å². The highest BCUT2D eigenvalue weighted by Crippen LogP contribution is 2.32. The summed E-state index contributed by atoms with van der Waals surface area (Å²) < 4.78 is 10.6. The van der Waals surface area contributed by atoms with Crippen LogP contribution in [0.1, 0.15) is 79.4 Å². The lowest BCUT2D eigenvalue weighted by Crippen LogP contribution is -2.62. The number of Topliss-reactive ketones (excluding diaryl/α,β-unsaturated/α-hetero) is 1. The predicted molar refractivity (Wildman–Crippen MR) is 167 cm³/mol. The molecule has 1 aromatic rings. The van der Waals surface area contributed by atoms with E-state index in [1.807, 2.05) is 0 Å². The van der Waals surface area contributed by atoms with E-state index in [9.17, 15) is 28.8 Å². The van der Waals surface area contributed by atoms with Crippen molar-refractivity contribution in [2.45, 2.75) is 104 Å². The maximum Gasteiger partial charge on any atom is 0.329 e. The van der Waals surface area contributed by atoms with Gasteiger partial charge >= 0.3 is 12.0 Å². The Labute approximate surface area is 270 Å². The first-order valence-electron chi connectivity index (χ1n) is 15.6. The van der Waals surface area contributed by atoms with Gasteiger partial charge in [-0.1, -0.05) is 60.8 Å². The van der Waals surface area contributed by atoms with Crippen LogP contribution in [0.15, 0.2) is 22.8 Å². The zero-order valence-corrected chi connectivity index (χ0v) is 27.5. The molecule has 5 atom stereocenters. The van der Waals surface area contributed by atoms with E-state index in [4.69, 9.17) is 21.3 Å². The van der Waals surface area contributed by atoms with Gasteiger partial charge in [-0.2, -0.15) is 0 Å². The highest BCUT2D eigenvalue weighted by Gasteiger charge is 2.47. The van der Waals surface area contributed by atoms with E-state index in [0.29, 0.717) is 12.2 Å². The van der Waals surface area contributed by atoms with Crippen molar-refractivity contribution in [3.05, 3.63) is 24.2 Å². The molecule has 5 amide bonds. The zero-order valence-electron chi connectivity index (χ0n) is 27.5. The van der Waals surface area contributed by atoms with E-state index in [0.717, 1.165) is 19.3 Å². The number of rotatable bonds is 12. The van der Waals surface area contributed by atoms with E-state index < -0.39 is 76.4 Å². The number of hydrogen-bond acceptors (Lipinski definition) is 8. The molecule has 46 heavy (non-hydrogen) atoms. The molecule has 13 nitrogen and oxygen atoms in total. The predicted octanol–water partition coefficient (Wildman–Crippen LogP) is 2.03. The highest BCUT2D eigenvalue weighted by molar-refractivity contribution is 6.37. The molecule has 2 heterocycles. The second kappa shape index (κ2) is 14.8. The summed E-state index contributed by atoms with van der Waals surface area (Å²) in [5.41, 5.74) is 3.67. The molecule has 2 fully saturated rings. The second-order valence-corrected chi connectivity index (χ2v) is 14.3. The van der Waals surface area contributed by atoms with E-state index in [2.05, 4.69) is 21.9 Å². The van der Waals surface area contributed by atoms with Gasteiger partial charge in [0.25, 0.3) is 5.91 Å². The molecular weight excluding hydrogens is 594 g/mol. The molecule has 13 heteroatoms. The van der Waals surface area contributed by atoms with Gasteiger partial charge in [-0.3, -0.25) is 19.2 Å². The molecule has 0 radical (unpaired) electrons. The van der Waals surface area contributed by atoms with E-state index in [1.54, 1.807) is 53.7 Å². The maximum atomic E-state index is 14.1. The fourth-order valence-electron chi connectivity index (χ4n) is 5.63. The van der Waals surface area contributed by atoms with Crippen LogP contribution in [-0.4, -0.2) is 71.1 Å². The van der Waals surface area contributed by atoms with Crippen LogP contribution < -0.4 is 21.7 Å². The fraction of sp³-hybridized carbons (Fsp3) is 0.636. The number of nitrogens with zero attached hydrogens (tertiary/aromatic N) is 1. The van der Waals surface area contributed by atoms with Gasteiger partial charge in [-0.25, -0.2) is 9.59 Å². The average Bonchev–Trinajstić information content (AvgIpc) is 3.62. The smallest absolute Gasteiger partial charge is 0.329 e. The lowest BCUT2D eigenvalue weighted by molar-refractivity contribution is -0.150. The summed E-state index contributed by atoms with van der Waals surface area (Å²) in [5.74, 6) is -1.47. The Morgan fingerprint density at radius 2 is 1.65 bits per heavy atom. The average molecular weight is 642 g/mol. The minimum atomic E-state index is -1.15. The van der Waals surface area contributed by atoms with Crippen LogP contribution in [0.3, 0.4) is 0 Å². The number of urea groups is 1. The molecule has 1 saturated carbocycles. The third-order valence-corrected chi connectivity index (χ3v) is 8.54. The summed E-state index contributed by atoms with van der Waals surface area (Å²) in [6, 6.07) is -1.97. The number of furan rings is 1. The van der Waals surface area contributed by atoms with Gasteiger partial charge in [0.15, 0.2) is 0 Å². The number of nitrogens with two attached hydrogens (primary N) is 1. The summed E-state index contributed by atoms with van der Waals surface area (Å²) >= 11 is 0. The summed E-state index contributed by atoms with van der Waals surface area (Å²) in [6.07, 6.45) is 10.5. The number of primary amides is 1. The molecule has 1 aromatic heterocycles. The van der Waals surface area contributed by atoms with Gasteiger partial charge in [0.05, 0.1) is 18.2 Å². The van der Waals surface area contributed by atoms with Crippen molar-refractivity contribution in [3.63, 3.8) is 0 Å². The number of likely N-dealkylation sites (tertiary alicyclic amines) is 1. The van der Waals surface area contributed by atoms with E-state index in [-0.39, 0.29) is 25.5 Å². The number of nitrogens with one attached hydrogen (secondary N) is 3. The standard InChI is InChI=1S/C33H47N5O8/c1-8-20-14-15-38(23(20)28(41)35-22(24(39)27(34)40)17-19-11-9-12-19)29(42)25(32(2,3)4)36-31(44)37-26(33(5,6)7)30(43)46-18-21-13-10-16-45-21/h1,10,13,16,19-20,22-23,25-26H,9,11-12,14-15,17-18H2,2-7H3,(H2,34,40)(H,35,41)(H2,36,37,44)/t20-,22?,23-,25+,26+/m0/s1. The lowest BCUT2D eigenvalue weighted by atomic mass is 9.80. The van der Waals surface area contributed by atoms with Crippen molar-refractivity contribution in [2.24, 2.45) is 28.4 Å². The largest absolute Gasteiger partial charge is 0.466 e. The molecule has 252 valence electrons. The van der Waals surface area contributed by atoms with Crippen LogP contribution in [0, 0.1) is 35.0 Å². The number of carbonyl (C=O) groups excluding carboxylic acids is 6. The maximum absolute atomic E-state index is 14.1. The van der Waals surface area contributed by atoms with Gasteiger partial charge in [0, 0.05) is 6.54 Å². The molecule has 1 aliphatic heterocycles. The van der Waals surface area contributed by atoms with E-state index in [1.165, 1.54) is 11.2 Å². The molecule has 1 unspecified atom stereocenters. The number of ether oxygens (including phenoxy) is 1. The highest BCUT2D eigenvalue weighted by atomic mass is 16.5. The Morgan fingerprint density at radius 1 is 1.02 bits per heavy atom. The molecule has 1 saturated heterocycles. The molecule has 0 bridgehead atoms. The number of esters is 1. The van der Waals surface area contributed by atoms with Gasteiger partial charge in [0.1, 0.15) is 30.5 Å². The van der Waals surface area contributed by atoms with Crippen molar-refractivity contribution >= 4 is 35.5 Å². The molecular formula is C33H47N5O8. The Morgan fingerprint density at radius 3 is 2.15 bits per heavy atom. The van der Waals surface area contributed by atoms with Crippen LogP contribution >= 0.6 is 0 Å². The number of carbonyl (C=O) groups is 6. The number of ketones is 1. The van der Waals surface area contributed by atoms with Crippen molar-refractivity contribution in [3.8, 4) is 12.3 Å². The first-order chi connectivity index (χ1) is 21.4. The van der Waals surface area contributed by atoms with Crippen LogP contribution in [0.5, 0.6) is 0 Å². The van der Waals surface area contributed by atoms with Crippen molar-refractivity contribution in [1.29, 1.82) is 0 Å². The van der Waals surface area contributed by atoms with Crippen LogP contribution in [0.4, 0.5) is 4.79 Å². The summed E-state index contributed by atoms with van der Waals surface area (Å²) in [4.78, 5) is 79.8. The Kier molecular flexibility index (Phi) is 11.7. The minimum absolute atomic E-state index is 0.119. The van der Waals surface area contributed by atoms with Gasteiger partial charge in [0.2, 0.25) is 17.6 Å².